The van der Waals surface area contributed by atoms with E-state index in [4.69, 9.17) is 9.84 Å². The highest BCUT2D eigenvalue weighted by Crippen LogP contribution is 2.21. The number of anilines is 2. The molecule has 2 aromatic rings. The summed E-state index contributed by atoms with van der Waals surface area (Å²) < 4.78 is 5.39. The number of aromatic nitrogens is 3. The minimum absolute atomic E-state index is 0.0715. The number of carboxylic acids is 1. The largest absolute Gasteiger partial charge is 0.478 e. The summed E-state index contributed by atoms with van der Waals surface area (Å²) in [5.41, 5.74) is 0.0715. The lowest BCUT2D eigenvalue weighted by Gasteiger charge is -2.33. The predicted molar refractivity (Wildman–Crippen MR) is 93.3 cm³/mol. The summed E-state index contributed by atoms with van der Waals surface area (Å²) in [5, 5.41) is 12.5. The zero-order valence-corrected chi connectivity index (χ0v) is 14.1. The minimum atomic E-state index is -1.01. The molecule has 0 aromatic carbocycles. The Labute approximate surface area is 145 Å². The van der Waals surface area contributed by atoms with Crippen LogP contribution in [-0.4, -0.2) is 51.8 Å². The minimum Gasteiger partial charge on any atom is -0.478 e. The van der Waals surface area contributed by atoms with Crippen molar-refractivity contribution >= 4 is 17.6 Å². The van der Waals surface area contributed by atoms with Gasteiger partial charge in [-0.05, 0) is 31.9 Å². The van der Waals surface area contributed by atoms with E-state index in [1.54, 1.807) is 12.1 Å². The molecule has 1 saturated heterocycles. The molecule has 1 aliphatic heterocycles. The summed E-state index contributed by atoms with van der Waals surface area (Å²) in [6.07, 6.45) is 3.31. The molecular formula is C17H21N5O3. The van der Waals surface area contributed by atoms with Crippen LogP contribution in [0.1, 0.15) is 30.3 Å². The normalized spacial score (nSPS) is 15.0. The first-order valence-corrected chi connectivity index (χ1v) is 8.32. The Balaban J connectivity index is 1.58. The fraction of sp³-hybridized carbons (Fsp3) is 0.412. The Hall–Kier alpha value is -2.90. The van der Waals surface area contributed by atoms with Crippen molar-refractivity contribution in [1.29, 1.82) is 0 Å². The number of nitrogens with zero attached hydrogens (tertiary/aromatic N) is 4. The van der Waals surface area contributed by atoms with Crippen LogP contribution in [0.15, 0.2) is 30.6 Å². The Morgan fingerprint density at radius 2 is 2.16 bits per heavy atom. The van der Waals surface area contributed by atoms with Crippen LogP contribution in [0.5, 0.6) is 5.88 Å². The van der Waals surface area contributed by atoms with Crippen LogP contribution in [-0.2, 0) is 0 Å². The van der Waals surface area contributed by atoms with E-state index < -0.39 is 5.97 Å². The lowest BCUT2D eigenvalue weighted by molar-refractivity contribution is 0.0690. The topological polar surface area (TPSA) is 100 Å². The van der Waals surface area contributed by atoms with E-state index in [-0.39, 0.29) is 5.69 Å². The molecule has 0 saturated carbocycles. The third-order valence-corrected chi connectivity index (χ3v) is 4.06. The average Bonchev–Trinajstić information content (AvgIpc) is 2.63. The number of carbonyl (C=O) groups is 1. The summed E-state index contributed by atoms with van der Waals surface area (Å²) in [6.45, 7) is 4.09. The van der Waals surface area contributed by atoms with Gasteiger partial charge in [0.15, 0.2) is 5.69 Å². The maximum atomic E-state index is 11.1. The van der Waals surface area contributed by atoms with Crippen LogP contribution in [0.25, 0.3) is 0 Å². The summed E-state index contributed by atoms with van der Waals surface area (Å²) in [4.78, 5) is 25.7. The zero-order chi connectivity index (χ0) is 17.6. The average molecular weight is 343 g/mol. The Morgan fingerprint density at radius 3 is 2.88 bits per heavy atom. The molecule has 1 fully saturated rings. The van der Waals surface area contributed by atoms with Crippen LogP contribution in [0.3, 0.4) is 0 Å². The summed E-state index contributed by atoms with van der Waals surface area (Å²) in [6, 6.07) is 7.17. The molecule has 132 valence electrons. The standard InChI is InChI=1S/C17H21N5O3/c1-2-25-16-10-14(18-11-19-16)20-12-6-8-22(9-7-12)15-5-3-4-13(21-15)17(23)24/h3-5,10-12H,2,6-9H2,1H3,(H,23,24)(H,18,19,20). The Bertz CT molecular complexity index is 732. The highest BCUT2D eigenvalue weighted by Gasteiger charge is 2.21. The van der Waals surface area contributed by atoms with Crippen molar-refractivity contribution in [3.8, 4) is 5.88 Å². The van der Waals surface area contributed by atoms with Crippen molar-refractivity contribution in [1.82, 2.24) is 15.0 Å². The van der Waals surface area contributed by atoms with Crippen LogP contribution in [0, 0.1) is 0 Å². The van der Waals surface area contributed by atoms with E-state index in [0.29, 0.717) is 24.3 Å². The molecule has 0 unspecified atom stereocenters. The molecule has 1 aliphatic rings. The molecular weight excluding hydrogens is 322 g/mol. The number of ether oxygens (including phenoxy) is 1. The van der Waals surface area contributed by atoms with Crippen LogP contribution < -0.4 is 15.0 Å². The van der Waals surface area contributed by atoms with Crippen molar-refractivity contribution in [2.24, 2.45) is 0 Å². The van der Waals surface area contributed by atoms with Gasteiger partial charge in [-0.2, -0.15) is 0 Å². The van der Waals surface area contributed by atoms with Gasteiger partial charge in [-0.3, -0.25) is 0 Å². The number of hydrogen-bond acceptors (Lipinski definition) is 7. The first-order chi connectivity index (χ1) is 12.2. The smallest absolute Gasteiger partial charge is 0.354 e. The molecule has 0 bridgehead atoms. The molecule has 25 heavy (non-hydrogen) atoms. The van der Waals surface area contributed by atoms with Gasteiger partial charge in [0, 0.05) is 25.2 Å². The molecule has 8 nitrogen and oxygen atoms in total. The molecule has 2 aromatic heterocycles. The summed E-state index contributed by atoms with van der Waals surface area (Å²) >= 11 is 0. The number of carboxylic acid groups (broad SMARTS) is 1. The van der Waals surface area contributed by atoms with E-state index in [2.05, 4.69) is 25.2 Å². The van der Waals surface area contributed by atoms with Gasteiger partial charge in [-0.1, -0.05) is 6.07 Å². The predicted octanol–water partition coefficient (Wildman–Crippen LogP) is 2.05. The van der Waals surface area contributed by atoms with Gasteiger partial charge in [0.05, 0.1) is 6.61 Å². The summed E-state index contributed by atoms with van der Waals surface area (Å²) in [7, 11) is 0. The molecule has 0 atom stereocenters. The van der Waals surface area contributed by atoms with E-state index >= 15 is 0 Å². The van der Waals surface area contributed by atoms with E-state index in [0.717, 1.165) is 31.7 Å². The van der Waals surface area contributed by atoms with Crippen molar-refractivity contribution in [2.75, 3.05) is 29.9 Å². The Morgan fingerprint density at radius 1 is 1.36 bits per heavy atom. The van der Waals surface area contributed by atoms with Crippen molar-refractivity contribution in [2.45, 2.75) is 25.8 Å². The maximum absolute atomic E-state index is 11.1. The van der Waals surface area contributed by atoms with Gasteiger partial charge in [-0.25, -0.2) is 19.7 Å². The number of pyridine rings is 1. The lowest BCUT2D eigenvalue weighted by Crippen LogP contribution is -2.39. The molecule has 8 heteroatoms. The van der Waals surface area contributed by atoms with Crippen LogP contribution >= 0.6 is 0 Å². The number of piperidine rings is 1. The monoisotopic (exact) mass is 343 g/mol. The van der Waals surface area contributed by atoms with E-state index in [9.17, 15) is 4.79 Å². The molecule has 3 rings (SSSR count). The van der Waals surface area contributed by atoms with E-state index in [1.165, 1.54) is 12.4 Å². The fourth-order valence-corrected chi connectivity index (χ4v) is 2.83. The molecule has 3 heterocycles. The van der Waals surface area contributed by atoms with Gasteiger partial charge in [0.1, 0.15) is 18.0 Å². The molecule has 2 N–H and O–H groups in total. The van der Waals surface area contributed by atoms with Gasteiger partial charge >= 0.3 is 5.97 Å². The van der Waals surface area contributed by atoms with Gasteiger partial charge in [0.2, 0.25) is 5.88 Å². The third kappa shape index (κ3) is 4.34. The molecule has 0 aliphatic carbocycles. The van der Waals surface area contributed by atoms with Gasteiger partial charge in [0.25, 0.3) is 0 Å². The second-order valence-corrected chi connectivity index (χ2v) is 5.77. The summed E-state index contributed by atoms with van der Waals surface area (Å²) in [5.74, 6) is 1.02. The van der Waals surface area contributed by atoms with Gasteiger partial charge in [-0.15, -0.1) is 0 Å². The van der Waals surface area contributed by atoms with Crippen molar-refractivity contribution in [3.05, 3.63) is 36.3 Å². The quantitative estimate of drug-likeness (QED) is 0.822. The lowest BCUT2D eigenvalue weighted by atomic mass is 10.0. The second-order valence-electron chi connectivity index (χ2n) is 5.77. The third-order valence-electron chi connectivity index (χ3n) is 4.06. The highest BCUT2D eigenvalue weighted by molar-refractivity contribution is 5.85. The SMILES string of the molecule is CCOc1cc(NC2CCN(c3cccc(C(=O)O)n3)CC2)ncn1. The molecule has 0 spiro atoms. The van der Waals surface area contributed by atoms with Crippen molar-refractivity contribution < 1.29 is 14.6 Å². The van der Waals surface area contributed by atoms with E-state index in [1.807, 2.05) is 13.0 Å². The van der Waals surface area contributed by atoms with Crippen LogP contribution in [0.2, 0.25) is 0 Å². The Kier molecular flexibility index (Phi) is 5.27. The molecule has 0 amide bonds. The molecule has 0 radical (unpaired) electrons. The number of hydrogen-bond donors (Lipinski definition) is 2. The number of aromatic carboxylic acids is 1. The fourth-order valence-electron chi connectivity index (χ4n) is 2.83. The van der Waals surface area contributed by atoms with Crippen LogP contribution in [0.4, 0.5) is 11.6 Å². The number of rotatable bonds is 6. The first-order valence-electron chi connectivity index (χ1n) is 8.32. The van der Waals surface area contributed by atoms with Crippen molar-refractivity contribution in [3.63, 3.8) is 0 Å². The highest BCUT2D eigenvalue weighted by atomic mass is 16.5. The zero-order valence-electron chi connectivity index (χ0n) is 14.1. The first kappa shape index (κ1) is 16.9. The maximum Gasteiger partial charge on any atom is 0.354 e. The second kappa shape index (κ2) is 7.78. The van der Waals surface area contributed by atoms with Gasteiger partial charge < -0.3 is 20.1 Å². The number of nitrogens with one attached hydrogen (secondary N) is 1.